The van der Waals surface area contributed by atoms with E-state index in [0.29, 0.717) is 31.9 Å². The molecule has 0 fully saturated rings. The Morgan fingerprint density at radius 2 is 1.96 bits per heavy atom. The Balaban J connectivity index is 1.59. The van der Waals surface area contributed by atoms with Gasteiger partial charge in [-0.2, -0.15) is 0 Å². The SMILES string of the molecule is COc1cc2c(cc1OC)CN(C(=O)CNCc1ccccn1)CC2. The minimum absolute atomic E-state index is 0.0939. The maximum absolute atomic E-state index is 12.5. The van der Waals surface area contributed by atoms with Gasteiger partial charge < -0.3 is 19.7 Å². The van der Waals surface area contributed by atoms with Gasteiger partial charge in [0.05, 0.1) is 26.5 Å². The molecule has 0 saturated carbocycles. The summed E-state index contributed by atoms with van der Waals surface area (Å²) in [5.74, 6) is 1.53. The molecule has 0 aliphatic carbocycles. The van der Waals surface area contributed by atoms with Crippen molar-refractivity contribution >= 4 is 5.91 Å². The van der Waals surface area contributed by atoms with Crippen LogP contribution in [0, 0.1) is 0 Å². The summed E-state index contributed by atoms with van der Waals surface area (Å²) < 4.78 is 10.7. The van der Waals surface area contributed by atoms with Gasteiger partial charge in [-0.05, 0) is 41.8 Å². The molecule has 132 valence electrons. The molecular weight excluding hydrogens is 318 g/mol. The number of benzene rings is 1. The van der Waals surface area contributed by atoms with E-state index in [0.717, 1.165) is 23.4 Å². The predicted octanol–water partition coefficient (Wildman–Crippen LogP) is 1.77. The van der Waals surface area contributed by atoms with Crippen molar-refractivity contribution < 1.29 is 14.3 Å². The van der Waals surface area contributed by atoms with Crippen LogP contribution in [0.4, 0.5) is 0 Å². The smallest absolute Gasteiger partial charge is 0.236 e. The van der Waals surface area contributed by atoms with Crippen molar-refractivity contribution in [2.45, 2.75) is 19.5 Å². The van der Waals surface area contributed by atoms with E-state index in [1.54, 1.807) is 20.4 Å². The summed E-state index contributed by atoms with van der Waals surface area (Å²) >= 11 is 0. The summed E-state index contributed by atoms with van der Waals surface area (Å²) in [6.45, 7) is 2.20. The number of fused-ring (bicyclic) bond motifs is 1. The lowest BCUT2D eigenvalue weighted by Crippen LogP contribution is -2.41. The topological polar surface area (TPSA) is 63.7 Å². The molecule has 0 bridgehead atoms. The number of pyridine rings is 1. The summed E-state index contributed by atoms with van der Waals surface area (Å²) in [7, 11) is 3.26. The van der Waals surface area contributed by atoms with Gasteiger partial charge in [-0.1, -0.05) is 6.07 Å². The normalized spacial score (nSPS) is 13.3. The minimum atomic E-state index is 0.0939. The Hall–Kier alpha value is -2.60. The number of hydrogen-bond donors (Lipinski definition) is 1. The first kappa shape index (κ1) is 17.2. The first-order valence-electron chi connectivity index (χ1n) is 8.33. The van der Waals surface area contributed by atoms with Crippen LogP contribution in [0.25, 0.3) is 0 Å². The molecule has 0 atom stereocenters. The molecule has 1 aromatic heterocycles. The van der Waals surface area contributed by atoms with Gasteiger partial charge in [0.25, 0.3) is 0 Å². The highest BCUT2D eigenvalue weighted by molar-refractivity contribution is 5.78. The number of hydrogen-bond acceptors (Lipinski definition) is 5. The summed E-state index contributed by atoms with van der Waals surface area (Å²) in [5.41, 5.74) is 3.25. The third-order valence-corrected chi connectivity index (χ3v) is 4.38. The van der Waals surface area contributed by atoms with Crippen molar-refractivity contribution in [3.63, 3.8) is 0 Å². The fourth-order valence-corrected chi connectivity index (χ4v) is 3.01. The standard InChI is InChI=1S/C19H23N3O3/c1-24-17-9-14-6-8-22(13-15(14)10-18(17)25-2)19(23)12-20-11-16-5-3-4-7-21-16/h3-5,7,9-10,20H,6,8,11-13H2,1-2H3. The molecule has 1 amide bonds. The lowest BCUT2D eigenvalue weighted by molar-refractivity contribution is -0.131. The lowest BCUT2D eigenvalue weighted by atomic mass is 9.98. The zero-order valence-corrected chi connectivity index (χ0v) is 14.6. The summed E-state index contributed by atoms with van der Waals surface area (Å²) in [4.78, 5) is 18.6. The van der Waals surface area contributed by atoms with Crippen molar-refractivity contribution in [3.8, 4) is 11.5 Å². The van der Waals surface area contributed by atoms with E-state index in [4.69, 9.17) is 9.47 Å². The Kier molecular flexibility index (Phi) is 5.50. The zero-order valence-electron chi connectivity index (χ0n) is 14.6. The van der Waals surface area contributed by atoms with Crippen molar-refractivity contribution in [3.05, 3.63) is 53.3 Å². The van der Waals surface area contributed by atoms with Gasteiger partial charge in [0.2, 0.25) is 5.91 Å². The van der Waals surface area contributed by atoms with Gasteiger partial charge in [-0.3, -0.25) is 9.78 Å². The molecule has 2 heterocycles. The molecule has 1 N–H and O–H groups in total. The summed E-state index contributed by atoms with van der Waals surface area (Å²) in [6, 6.07) is 9.73. The average Bonchev–Trinajstić information content (AvgIpc) is 2.67. The van der Waals surface area contributed by atoms with Crippen LogP contribution in [0.1, 0.15) is 16.8 Å². The van der Waals surface area contributed by atoms with E-state index in [1.807, 2.05) is 35.2 Å². The Morgan fingerprint density at radius 1 is 1.20 bits per heavy atom. The van der Waals surface area contributed by atoms with Crippen LogP contribution in [0.5, 0.6) is 11.5 Å². The maximum Gasteiger partial charge on any atom is 0.236 e. The lowest BCUT2D eigenvalue weighted by Gasteiger charge is -2.29. The Morgan fingerprint density at radius 3 is 2.64 bits per heavy atom. The number of nitrogens with one attached hydrogen (secondary N) is 1. The number of nitrogens with zero attached hydrogens (tertiary/aromatic N) is 2. The summed E-state index contributed by atoms with van der Waals surface area (Å²) in [5, 5.41) is 3.17. The minimum Gasteiger partial charge on any atom is -0.493 e. The largest absolute Gasteiger partial charge is 0.493 e. The van der Waals surface area contributed by atoms with Crippen LogP contribution >= 0.6 is 0 Å². The second-order valence-electron chi connectivity index (χ2n) is 5.97. The number of rotatable bonds is 6. The van der Waals surface area contributed by atoms with E-state index in [9.17, 15) is 4.79 Å². The van der Waals surface area contributed by atoms with Crippen molar-refractivity contribution in [2.24, 2.45) is 0 Å². The fourth-order valence-electron chi connectivity index (χ4n) is 3.01. The molecule has 1 aromatic carbocycles. The zero-order chi connectivity index (χ0) is 17.6. The number of methoxy groups -OCH3 is 2. The highest BCUT2D eigenvalue weighted by atomic mass is 16.5. The van der Waals surface area contributed by atoms with E-state index in [-0.39, 0.29) is 5.91 Å². The third kappa shape index (κ3) is 4.09. The molecule has 1 aliphatic heterocycles. The number of ether oxygens (including phenoxy) is 2. The van der Waals surface area contributed by atoms with E-state index in [1.165, 1.54) is 5.56 Å². The van der Waals surface area contributed by atoms with Crippen LogP contribution in [-0.2, 0) is 24.3 Å². The highest BCUT2D eigenvalue weighted by Crippen LogP contribution is 2.33. The molecule has 0 saturated heterocycles. The van der Waals surface area contributed by atoms with Crippen molar-refractivity contribution in [1.29, 1.82) is 0 Å². The summed E-state index contributed by atoms with van der Waals surface area (Å²) in [6.07, 6.45) is 2.57. The molecule has 6 nitrogen and oxygen atoms in total. The average molecular weight is 341 g/mol. The molecule has 25 heavy (non-hydrogen) atoms. The van der Waals surface area contributed by atoms with Crippen LogP contribution < -0.4 is 14.8 Å². The van der Waals surface area contributed by atoms with Gasteiger partial charge in [0.15, 0.2) is 11.5 Å². The number of amides is 1. The Labute approximate surface area is 147 Å². The van der Waals surface area contributed by atoms with Crippen LogP contribution in [0.15, 0.2) is 36.5 Å². The molecular formula is C19H23N3O3. The van der Waals surface area contributed by atoms with E-state index < -0.39 is 0 Å². The predicted molar refractivity (Wildman–Crippen MR) is 94.6 cm³/mol. The van der Waals surface area contributed by atoms with Gasteiger partial charge in [-0.15, -0.1) is 0 Å². The number of carbonyl (C=O) groups is 1. The molecule has 6 heteroatoms. The monoisotopic (exact) mass is 341 g/mol. The highest BCUT2D eigenvalue weighted by Gasteiger charge is 2.22. The third-order valence-electron chi connectivity index (χ3n) is 4.38. The van der Waals surface area contributed by atoms with Crippen molar-refractivity contribution in [1.82, 2.24) is 15.2 Å². The molecule has 0 unspecified atom stereocenters. The Bertz CT molecular complexity index is 734. The van der Waals surface area contributed by atoms with Gasteiger partial charge in [-0.25, -0.2) is 0 Å². The van der Waals surface area contributed by atoms with Gasteiger partial charge >= 0.3 is 0 Å². The molecule has 2 aromatic rings. The maximum atomic E-state index is 12.5. The number of aromatic nitrogens is 1. The van der Waals surface area contributed by atoms with Gasteiger partial charge in [0.1, 0.15) is 0 Å². The van der Waals surface area contributed by atoms with Crippen LogP contribution in [0.2, 0.25) is 0 Å². The first-order chi connectivity index (χ1) is 12.2. The van der Waals surface area contributed by atoms with E-state index in [2.05, 4.69) is 10.3 Å². The van der Waals surface area contributed by atoms with E-state index >= 15 is 0 Å². The molecule has 1 aliphatic rings. The second kappa shape index (κ2) is 7.98. The molecule has 0 spiro atoms. The van der Waals surface area contributed by atoms with Crippen LogP contribution in [0.3, 0.4) is 0 Å². The fraction of sp³-hybridized carbons (Fsp3) is 0.368. The second-order valence-corrected chi connectivity index (χ2v) is 5.97. The number of carbonyl (C=O) groups excluding carboxylic acids is 1. The van der Waals surface area contributed by atoms with Crippen LogP contribution in [-0.4, -0.2) is 43.1 Å². The van der Waals surface area contributed by atoms with Gasteiger partial charge in [0, 0.05) is 25.8 Å². The molecule has 0 radical (unpaired) electrons. The first-order valence-corrected chi connectivity index (χ1v) is 8.33. The van der Waals surface area contributed by atoms with Crippen molar-refractivity contribution in [2.75, 3.05) is 27.3 Å². The quantitative estimate of drug-likeness (QED) is 0.868. The molecule has 3 rings (SSSR count).